The van der Waals surface area contributed by atoms with E-state index in [2.05, 4.69) is 33.1 Å². The fourth-order valence-electron chi connectivity index (χ4n) is 3.09. The van der Waals surface area contributed by atoms with Crippen LogP contribution in [0.25, 0.3) is 0 Å². The number of rotatable bonds is 10. The van der Waals surface area contributed by atoms with Crippen LogP contribution in [0.15, 0.2) is 5.38 Å². The molecule has 0 spiro atoms. The zero-order valence-corrected chi connectivity index (χ0v) is 14.6. The second-order valence-electron chi connectivity index (χ2n) is 5.93. The van der Waals surface area contributed by atoms with E-state index in [1.165, 1.54) is 55.4 Å². The predicted molar refractivity (Wildman–Crippen MR) is 91.1 cm³/mol. The first-order valence-corrected chi connectivity index (χ1v) is 9.37. The maximum atomic E-state index is 10.7. The molecule has 1 nitrogen and oxygen atoms in total. The maximum Gasteiger partial charge on any atom is 0.133 e. The van der Waals surface area contributed by atoms with Gasteiger partial charge in [-0.05, 0) is 42.9 Å². The van der Waals surface area contributed by atoms with Crippen LogP contribution in [0.4, 0.5) is 0 Å². The average Bonchev–Trinajstić information content (AvgIpc) is 2.82. The van der Waals surface area contributed by atoms with E-state index >= 15 is 0 Å². The third-order valence-electron chi connectivity index (χ3n) is 4.30. The quantitative estimate of drug-likeness (QED) is 0.502. The van der Waals surface area contributed by atoms with Crippen LogP contribution in [-0.4, -0.2) is 5.11 Å². The standard InChI is InChI=1S/C18H32OS/c1-5-9-12-14(8-4)16-13-20-18(17(16)19)15(10-6-2)11-7-3/h13-15,19H,5-12H2,1-4H3. The Kier molecular flexibility index (Phi) is 8.28. The predicted octanol–water partition coefficient (Wildman–Crippen LogP) is 6.82. The van der Waals surface area contributed by atoms with Crippen molar-refractivity contribution in [1.82, 2.24) is 0 Å². The lowest BCUT2D eigenvalue weighted by Gasteiger charge is -2.17. The van der Waals surface area contributed by atoms with Crippen LogP contribution < -0.4 is 0 Å². The van der Waals surface area contributed by atoms with Crippen molar-refractivity contribution in [2.75, 3.05) is 0 Å². The van der Waals surface area contributed by atoms with Gasteiger partial charge in [0, 0.05) is 10.4 Å². The first-order chi connectivity index (χ1) is 9.69. The van der Waals surface area contributed by atoms with Crippen LogP contribution in [0.1, 0.15) is 101 Å². The fraction of sp³-hybridized carbons (Fsp3) is 0.778. The summed E-state index contributed by atoms with van der Waals surface area (Å²) in [5.41, 5.74) is 1.22. The van der Waals surface area contributed by atoms with Gasteiger partial charge in [-0.25, -0.2) is 0 Å². The molecule has 1 aromatic heterocycles. The van der Waals surface area contributed by atoms with E-state index in [0.29, 0.717) is 17.6 Å². The van der Waals surface area contributed by atoms with Crippen LogP contribution in [0.2, 0.25) is 0 Å². The molecule has 0 aromatic carbocycles. The smallest absolute Gasteiger partial charge is 0.133 e. The van der Waals surface area contributed by atoms with E-state index in [0.717, 1.165) is 6.42 Å². The van der Waals surface area contributed by atoms with Gasteiger partial charge >= 0.3 is 0 Å². The van der Waals surface area contributed by atoms with E-state index in [-0.39, 0.29) is 0 Å². The molecule has 0 saturated heterocycles. The topological polar surface area (TPSA) is 20.2 Å². The largest absolute Gasteiger partial charge is 0.506 e. The number of hydrogen-bond donors (Lipinski definition) is 1. The van der Waals surface area contributed by atoms with Crippen molar-refractivity contribution >= 4 is 11.3 Å². The molecule has 1 N–H and O–H groups in total. The number of aromatic hydroxyl groups is 1. The van der Waals surface area contributed by atoms with Crippen LogP contribution in [0, 0.1) is 0 Å². The molecular weight excluding hydrogens is 264 g/mol. The summed E-state index contributed by atoms with van der Waals surface area (Å²) < 4.78 is 0. The molecule has 0 aliphatic rings. The van der Waals surface area contributed by atoms with E-state index < -0.39 is 0 Å². The summed E-state index contributed by atoms with van der Waals surface area (Å²) >= 11 is 1.79. The Morgan fingerprint density at radius 3 is 2.10 bits per heavy atom. The summed E-state index contributed by atoms with van der Waals surface area (Å²) in [5, 5.41) is 12.9. The normalized spacial score (nSPS) is 13.1. The van der Waals surface area contributed by atoms with Crippen molar-refractivity contribution in [2.24, 2.45) is 0 Å². The SMILES string of the molecule is CCCCC(CC)c1csc(C(CCC)CCC)c1O. The molecule has 0 aliphatic carbocycles. The van der Waals surface area contributed by atoms with Gasteiger partial charge in [-0.1, -0.05) is 53.4 Å². The summed E-state index contributed by atoms with van der Waals surface area (Å²) in [7, 11) is 0. The Labute approximate surface area is 129 Å². The van der Waals surface area contributed by atoms with Crippen LogP contribution in [-0.2, 0) is 0 Å². The molecule has 1 rings (SSSR count). The van der Waals surface area contributed by atoms with Crippen molar-refractivity contribution in [2.45, 2.75) is 90.9 Å². The van der Waals surface area contributed by atoms with Gasteiger partial charge in [0.25, 0.3) is 0 Å². The molecule has 0 aliphatic heterocycles. The maximum absolute atomic E-state index is 10.7. The molecule has 0 amide bonds. The molecule has 0 radical (unpaired) electrons. The highest BCUT2D eigenvalue weighted by Crippen LogP contribution is 2.44. The highest BCUT2D eigenvalue weighted by atomic mass is 32.1. The van der Waals surface area contributed by atoms with Crippen molar-refractivity contribution in [3.8, 4) is 5.75 Å². The molecule has 1 unspecified atom stereocenters. The number of unbranched alkanes of at least 4 members (excludes halogenated alkanes) is 1. The Morgan fingerprint density at radius 2 is 1.60 bits per heavy atom. The second kappa shape index (κ2) is 9.44. The molecule has 116 valence electrons. The van der Waals surface area contributed by atoms with Gasteiger partial charge in [-0.3, -0.25) is 0 Å². The summed E-state index contributed by atoms with van der Waals surface area (Å²) in [4.78, 5) is 1.25. The third-order valence-corrected chi connectivity index (χ3v) is 5.46. The lowest BCUT2D eigenvalue weighted by atomic mass is 9.90. The molecule has 1 atom stereocenters. The van der Waals surface area contributed by atoms with Crippen molar-refractivity contribution in [1.29, 1.82) is 0 Å². The minimum atomic E-state index is 0.545. The van der Waals surface area contributed by atoms with Gasteiger partial charge in [0.1, 0.15) is 5.75 Å². The summed E-state index contributed by atoms with van der Waals surface area (Å²) in [6.45, 7) is 8.96. The minimum Gasteiger partial charge on any atom is -0.506 e. The Morgan fingerprint density at radius 1 is 0.950 bits per heavy atom. The number of thiophene rings is 1. The van der Waals surface area contributed by atoms with E-state index in [1.54, 1.807) is 11.3 Å². The van der Waals surface area contributed by atoms with E-state index in [9.17, 15) is 5.11 Å². The fourth-order valence-corrected chi connectivity index (χ4v) is 4.31. The molecule has 1 aromatic rings. The zero-order valence-electron chi connectivity index (χ0n) is 13.7. The summed E-state index contributed by atoms with van der Waals surface area (Å²) in [5.74, 6) is 1.74. The summed E-state index contributed by atoms with van der Waals surface area (Å²) in [6.07, 6.45) is 9.65. The molecule has 1 heterocycles. The second-order valence-corrected chi connectivity index (χ2v) is 6.84. The molecular formula is C18H32OS. The Balaban J connectivity index is 2.90. The third kappa shape index (κ3) is 4.51. The minimum absolute atomic E-state index is 0.545. The molecule has 0 fully saturated rings. The number of hydrogen-bond acceptors (Lipinski definition) is 2. The Bertz CT molecular complexity index is 363. The highest BCUT2D eigenvalue weighted by molar-refractivity contribution is 7.10. The van der Waals surface area contributed by atoms with Crippen LogP contribution >= 0.6 is 11.3 Å². The summed E-state index contributed by atoms with van der Waals surface area (Å²) in [6, 6.07) is 0. The van der Waals surface area contributed by atoms with Crippen molar-refractivity contribution in [3.05, 3.63) is 15.8 Å². The van der Waals surface area contributed by atoms with E-state index in [4.69, 9.17) is 0 Å². The van der Waals surface area contributed by atoms with Crippen molar-refractivity contribution < 1.29 is 5.11 Å². The zero-order chi connectivity index (χ0) is 15.0. The van der Waals surface area contributed by atoms with Gasteiger partial charge in [-0.2, -0.15) is 0 Å². The first-order valence-electron chi connectivity index (χ1n) is 8.49. The first kappa shape index (κ1) is 17.6. The molecule has 20 heavy (non-hydrogen) atoms. The lowest BCUT2D eigenvalue weighted by molar-refractivity contribution is 0.439. The Hall–Kier alpha value is -0.500. The van der Waals surface area contributed by atoms with Crippen molar-refractivity contribution in [3.63, 3.8) is 0 Å². The average molecular weight is 297 g/mol. The van der Waals surface area contributed by atoms with Crippen LogP contribution in [0.5, 0.6) is 5.75 Å². The highest BCUT2D eigenvalue weighted by Gasteiger charge is 2.22. The lowest BCUT2D eigenvalue weighted by Crippen LogP contribution is -1.99. The van der Waals surface area contributed by atoms with Gasteiger partial charge in [0.15, 0.2) is 0 Å². The monoisotopic (exact) mass is 296 g/mol. The van der Waals surface area contributed by atoms with Gasteiger partial charge in [0.2, 0.25) is 0 Å². The van der Waals surface area contributed by atoms with Crippen LogP contribution in [0.3, 0.4) is 0 Å². The van der Waals surface area contributed by atoms with Gasteiger partial charge in [0.05, 0.1) is 0 Å². The van der Waals surface area contributed by atoms with E-state index in [1.807, 2.05) is 0 Å². The molecule has 2 heteroatoms. The molecule has 0 bridgehead atoms. The van der Waals surface area contributed by atoms with Gasteiger partial charge < -0.3 is 5.11 Å². The molecule has 0 saturated carbocycles. The van der Waals surface area contributed by atoms with Gasteiger partial charge in [-0.15, -0.1) is 11.3 Å².